The van der Waals surface area contributed by atoms with E-state index in [0.717, 1.165) is 58.0 Å². The standard InChI is InChI=1S/C34H36N2O2/c1-5-25(3)37-31-15-11-27(12-16-31)7-9-29-19-21-35-33(23-29)34-24-30(20-22-36-34)10-8-28-13-17-32(18-14-28)38-26(4)6-2/h7-26H,5-6H2,1-4H3. The molecule has 2 aromatic heterocycles. The molecule has 0 aliphatic carbocycles. The molecule has 0 saturated carbocycles. The summed E-state index contributed by atoms with van der Waals surface area (Å²) in [5.41, 5.74) is 6.04. The van der Waals surface area contributed by atoms with Gasteiger partial charge in [-0.3, -0.25) is 9.97 Å². The van der Waals surface area contributed by atoms with Crippen LogP contribution in [0.2, 0.25) is 0 Å². The Labute approximate surface area is 226 Å². The molecule has 2 heterocycles. The zero-order valence-electron chi connectivity index (χ0n) is 22.7. The molecule has 4 aromatic rings. The Balaban J connectivity index is 1.42. The lowest BCUT2D eigenvalue weighted by Crippen LogP contribution is -2.09. The monoisotopic (exact) mass is 504 g/mol. The van der Waals surface area contributed by atoms with Crippen molar-refractivity contribution in [2.45, 2.75) is 52.7 Å². The van der Waals surface area contributed by atoms with Crippen molar-refractivity contribution in [3.63, 3.8) is 0 Å². The third-order valence-electron chi connectivity index (χ3n) is 6.35. The lowest BCUT2D eigenvalue weighted by molar-refractivity contribution is 0.217. The number of aromatic nitrogens is 2. The molecular formula is C34H36N2O2. The van der Waals surface area contributed by atoms with Gasteiger partial charge in [-0.1, -0.05) is 62.4 Å². The number of rotatable bonds is 11. The van der Waals surface area contributed by atoms with E-state index in [9.17, 15) is 0 Å². The molecule has 2 aromatic carbocycles. The zero-order chi connectivity index (χ0) is 26.7. The molecule has 2 unspecified atom stereocenters. The topological polar surface area (TPSA) is 44.2 Å². The third kappa shape index (κ3) is 7.91. The van der Waals surface area contributed by atoms with Gasteiger partial charge in [0.05, 0.1) is 23.6 Å². The molecule has 4 rings (SSSR count). The van der Waals surface area contributed by atoms with Gasteiger partial charge in [-0.2, -0.15) is 0 Å². The van der Waals surface area contributed by atoms with Crippen LogP contribution < -0.4 is 9.47 Å². The van der Waals surface area contributed by atoms with Crippen LogP contribution in [0.15, 0.2) is 85.2 Å². The number of ether oxygens (including phenoxy) is 2. The molecule has 0 amide bonds. The largest absolute Gasteiger partial charge is 0.491 e. The van der Waals surface area contributed by atoms with E-state index in [-0.39, 0.29) is 12.2 Å². The predicted molar refractivity (Wildman–Crippen MR) is 159 cm³/mol. The molecule has 0 N–H and O–H groups in total. The van der Waals surface area contributed by atoms with E-state index in [1.165, 1.54) is 0 Å². The van der Waals surface area contributed by atoms with E-state index in [2.05, 4.69) is 98.4 Å². The first-order valence-corrected chi connectivity index (χ1v) is 13.3. The van der Waals surface area contributed by atoms with Gasteiger partial charge in [-0.15, -0.1) is 0 Å². The third-order valence-corrected chi connectivity index (χ3v) is 6.35. The molecule has 0 saturated heterocycles. The van der Waals surface area contributed by atoms with Crippen molar-refractivity contribution in [3.8, 4) is 22.9 Å². The first kappa shape index (κ1) is 26.9. The van der Waals surface area contributed by atoms with Crippen molar-refractivity contribution in [1.29, 1.82) is 0 Å². The number of hydrogen-bond acceptors (Lipinski definition) is 4. The second-order valence-electron chi connectivity index (χ2n) is 9.43. The van der Waals surface area contributed by atoms with Crippen LogP contribution >= 0.6 is 0 Å². The molecule has 2 atom stereocenters. The van der Waals surface area contributed by atoms with Crippen molar-refractivity contribution in [3.05, 3.63) is 107 Å². The van der Waals surface area contributed by atoms with Gasteiger partial charge in [0.15, 0.2) is 0 Å². The minimum Gasteiger partial charge on any atom is -0.491 e. The first-order chi connectivity index (χ1) is 18.5. The van der Waals surface area contributed by atoms with E-state index >= 15 is 0 Å². The normalized spacial score (nSPS) is 13.1. The quantitative estimate of drug-likeness (QED) is 0.205. The SMILES string of the molecule is CCC(C)Oc1ccc(C=Cc2ccnc(-c3cc(C=Cc4ccc(OC(C)CC)cc4)ccn3)c2)cc1. The summed E-state index contributed by atoms with van der Waals surface area (Å²) in [7, 11) is 0. The minimum atomic E-state index is 0.218. The Kier molecular flexibility index (Phi) is 9.47. The van der Waals surface area contributed by atoms with E-state index in [4.69, 9.17) is 9.47 Å². The average molecular weight is 505 g/mol. The van der Waals surface area contributed by atoms with Crippen LogP contribution in [0.25, 0.3) is 35.7 Å². The van der Waals surface area contributed by atoms with Crippen molar-refractivity contribution in [1.82, 2.24) is 9.97 Å². The fourth-order valence-electron chi connectivity index (χ4n) is 3.71. The van der Waals surface area contributed by atoms with E-state index in [1.807, 2.05) is 48.8 Å². The van der Waals surface area contributed by atoms with Crippen molar-refractivity contribution in [2.24, 2.45) is 0 Å². The van der Waals surface area contributed by atoms with Crippen molar-refractivity contribution >= 4 is 24.3 Å². The molecule has 194 valence electrons. The van der Waals surface area contributed by atoms with E-state index < -0.39 is 0 Å². The van der Waals surface area contributed by atoms with E-state index in [1.54, 1.807) is 0 Å². The highest BCUT2D eigenvalue weighted by Gasteiger charge is 2.04. The van der Waals surface area contributed by atoms with Crippen LogP contribution in [0.4, 0.5) is 0 Å². The molecule has 0 radical (unpaired) electrons. The van der Waals surface area contributed by atoms with Gasteiger partial charge in [0.1, 0.15) is 11.5 Å². The Morgan fingerprint density at radius 1 is 0.553 bits per heavy atom. The number of pyridine rings is 2. The summed E-state index contributed by atoms with van der Waals surface area (Å²) in [5, 5.41) is 0. The van der Waals surface area contributed by atoms with Gasteiger partial charge in [-0.05, 0) is 97.5 Å². The summed E-state index contributed by atoms with van der Waals surface area (Å²) < 4.78 is 11.7. The lowest BCUT2D eigenvalue weighted by Gasteiger charge is -2.12. The van der Waals surface area contributed by atoms with Gasteiger partial charge in [-0.25, -0.2) is 0 Å². The Bertz CT molecular complexity index is 1250. The molecule has 4 heteroatoms. The highest BCUT2D eigenvalue weighted by atomic mass is 16.5. The maximum atomic E-state index is 5.87. The smallest absolute Gasteiger partial charge is 0.119 e. The highest BCUT2D eigenvalue weighted by Crippen LogP contribution is 2.21. The summed E-state index contributed by atoms with van der Waals surface area (Å²) in [6.45, 7) is 8.41. The molecular weight excluding hydrogens is 468 g/mol. The predicted octanol–water partition coefficient (Wildman–Crippen LogP) is 8.84. The summed E-state index contributed by atoms with van der Waals surface area (Å²) in [5.74, 6) is 1.80. The average Bonchev–Trinajstić information content (AvgIpc) is 2.96. The summed E-state index contributed by atoms with van der Waals surface area (Å²) in [4.78, 5) is 9.12. The van der Waals surface area contributed by atoms with Crippen LogP contribution in [-0.4, -0.2) is 22.2 Å². The van der Waals surface area contributed by atoms with Gasteiger partial charge in [0.25, 0.3) is 0 Å². The minimum absolute atomic E-state index is 0.218. The molecule has 0 fully saturated rings. The van der Waals surface area contributed by atoms with Gasteiger partial charge >= 0.3 is 0 Å². The Hall–Kier alpha value is -4.18. The second-order valence-corrected chi connectivity index (χ2v) is 9.43. The van der Waals surface area contributed by atoms with E-state index in [0.29, 0.717) is 0 Å². The zero-order valence-corrected chi connectivity index (χ0v) is 22.7. The lowest BCUT2D eigenvalue weighted by atomic mass is 10.1. The van der Waals surface area contributed by atoms with Gasteiger partial charge < -0.3 is 9.47 Å². The fraction of sp³-hybridized carbons (Fsp3) is 0.235. The van der Waals surface area contributed by atoms with Crippen molar-refractivity contribution in [2.75, 3.05) is 0 Å². The number of benzene rings is 2. The number of nitrogens with zero attached hydrogens (tertiary/aromatic N) is 2. The summed E-state index contributed by atoms with van der Waals surface area (Å²) in [6.07, 6.45) is 14.4. The maximum Gasteiger partial charge on any atom is 0.119 e. The molecule has 38 heavy (non-hydrogen) atoms. The Morgan fingerprint density at radius 3 is 1.29 bits per heavy atom. The molecule has 0 bridgehead atoms. The van der Waals surface area contributed by atoms with Crippen LogP contribution in [0.1, 0.15) is 62.8 Å². The molecule has 0 spiro atoms. The van der Waals surface area contributed by atoms with Crippen LogP contribution in [0, 0.1) is 0 Å². The fourth-order valence-corrected chi connectivity index (χ4v) is 3.71. The van der Waals surface area contributed by atoms with Crippen LogP contribution in [0.5, 0.6) is 11.5 Å². The summed E-state index contributed by atoms with van der Waals surface area (Å²) in [6, 6.07) is 24.5. The van der Waals surface area contributed by atoms with Crippen LogP contribution in [-0.2, 0) is 0 Å². The first-order valence-electron chi connectivity index (χ1n) is 13.3. The maximum absolute atomic E-state index is 5.87. The number of hydrogen-bond donors (Lipinski definition) is 0. The summed E-state index contributed by atoms with van der Waals surface area (Å²) >= 11 is 0. The van der Waals surface area contributed by atoms with Crippen molar-refractivity contribution < 1.29 is 9.47 Å². The van der Waals surface area contributed by atoms with Gasteiger partial charge in [0, 0.05) is 12.4 Å². The molecule has 0 aliphatic rings. The highest BCUT2D eigenvalue weighted by molar-refractivity contribution is 5.74. The molecule has 0 aliphatic heterocycles. The van der Waals surface area contributed by atoms with Crippen LogP contribution in [0.3, 0.4) is 0 Å². The molecule has 4 nitrogen and oxygen atoms in total. The Morgan fingerprint density at radius 2 is 0.921 bits per heavy atom. The van der Waals surface area contributed by atoms with Gasteiger partial charge in [0.2, 0.25) is 0 Å². The second kappa shape index (κ2) is 13.4.